The quantitative estimate of drug-likeness (QED) is 0.263. The number of alkyl halides is 3. The van der Waals surface area contributed by atoms with E-state index in [0.717, 1.165) is 17.7 Å². The molecule has 0 unspecified atom stereocenters. The lowest BCUT2D eigenvalue weighted by Crippen LogP contribution is -2.39. The number of hydrogen-bond donors (Lipinski definition) is 1. The molecule has 0 radical (unpaired) electrons. The lowest BCUT2D eigenvalue weighted by Gasteiger charge is -2.25. The van der Waals surface area contributed by atoms with Crippen LogP contribution in [0.15, 0.2) is 70.7 Å². The first-order valence-corrected chi connectivity index (χ1v) is 12.6. The molecule has 3 rings (SSSR count). The molecule has 3 aromatic rings. The number of sulfonamides is 1. The first-order valence-electron chi connectivity index (χ1n) is 10.0. The molecular formula is C23H17Cl3F3N3O3S. The fourth-order valence-electron chi connectivity index (χ4n) is 2.98. The summed E-state index contributed by atoms with van der Waals surface area (Å²) in [5.41, 5.74) is 1.75. The third-order valence-corrected chi connectivity index (χ3v) is 7.64. The summed E-state index contributed by atoms with van der Waals surface area (Å²) in [5, 5.41) is 3.70. The number of carbonyl (C=O) groups excluding carboxylic acids is 1. The molecule has 190 valence electrons. The summed E-state index contributed by atoms with van der Waals surface area (Å²) in [6, 6.07) is 12.8. The van der Waals surface area contributed by atoms with Crippen molar-refractivity contribution in [1.29, 1.82) is 0 Å². The van der Waals surface area contributed by atoms with E-state index in [4.69, 9.17) is 34.8 Å². The second-order valence-electron chi connectivity index (χ2n) is 7.45. The predicted molar refractivity (Wildman–Crippen MR) is 134 cm³/mol. The molecule has 0 saturated carbocycles. The Morgan fingerprint density at radius 2 is 1.61 bits per heavy atom. The van der Waals surface area contributed by atoms with Crippen LogP contribution in [0.25, 0.3) is 0 Å². The van der Waals surface area contributed by atoms with E-state index in [1.807, 2.05) is 0 Å². The van der Waals surface area contributed by atoms with Crippen molar-refractivity contribution in [3.8, 4) is 0 Å². The Kier molecular flexibility index (Phi) is 8.55. The molecule has 13 heteroatoms. The molecule has 3 aromatic carbocycles. The van der Waals surface area contributed by atoms with Gasteiger partial charge in [-0.2, -0.15) is 18.3 Å². The van der Waals surface area contributed by atoms with Gasteiger partial charge in [-0.1, -0.05) is 58.6 Å². The molecule has 1 amide bonds. The minimum atomic E-state index is -4.85. The lowest BCUT2D eigenvalue weighted by molar-refractivity contribution is -0.137. The maximum Gasteiger partial charge on any atom is 0.417 e. The standard InChI is InChI=1S/C23H17Cl3F3N3O3S/c1-14-2-6-17(7-3-14)36(34,35)32(16-5-9-19(24)18(11-16)23(27,28)29)13-22(33)31-30-12-15-4-8-20(25)21(26)10-15/h2-12H,13H2,1H3,(H,31,33)/b30-12-. The summed E-state index contributed by atoms with van der Waals surface area (Å²) >= 11 is 17.4. The zero-order chi connectivity index (χ0) is 26.7. The zero-order valence-corrected chi connectivity index (χ0v) is 21.4. The van der Waals surface area contributed by atoms with Crippen LogP contribution in [0.3, 0.4) is 0 Å². The van der Waals surface area contributed by atoms with Crippen LogP contribution in [-0.2, 0) is 21.0 Å². The van der Waals surface area contributed by atoms with Gasteiger partial charge in [0.05, 0.1) is 37.4 Å². The summed E-state index contributed by atoms with van der Waals surface area (Å²) in [7, 11) is -4.45. The van der Waals surface area contributed by atoms with E-state index in [1.54, 1.807) is 13.0 Å². The molecule has 0 saturated heterocycles. The largest absolute Gasteiger partial charge is 0.417 e. The summed E-state index contributed by atoms with van der Waals surface area (Å²) in [6.07, 6.45) is -3.61. The molecule has 0 aliphatic carbocycles. The van der Waals surface area contributed by atoms with E-state index in [1.165, 1.54) is 42.6 Å². The molecule has 0 heterocycles. The van der Waals surface area contributed by atoms with Crippen molar-refractivity contribution in [3.05, 3.63) is 92.4 Å². The second-order valence-corrected chi connectivity index (χ2v) is 10.5. The van der Waals surface area contributed by atoms with Crippen molar-refractivity contribution < 1.29 is 26.4 Å². The fourth-order valence-corrected chi connectivity index (χ4v) is 4.92. The summed E-state index contributed by atoms with van der Waals surface area (Å²) < 4.78 is 67.6. The van der Waals surface area contributed by atoms with Gasteiger partial charge in [0, 0.05) is 0 Å². The van der Waals surface area contributed by atoms with Crippen LogP contribution in [0.5, 0.6) is 0 Å². The predicted octanol–water partition coefficient (Wildman–Crippen LogP) is 6.32. The van der Waals surface area contributed by atoms with E-state index >= 15 is 0 Å². The number of nitrogens with zero attached hydrogens (tertiary/aromatic N) is 2. The Bertz CT molecular complexity index is 1410. The smallest absolute Gasteiger partial charge is 0.271 e. The number of amides is 1. The number of hydrazone groups is 1. The number of carbonyl (C=O) groups is 1. The molecule has 0 aliphatic rings. The first-order chi connectivity index (χ1) is 16.8. The molecule has 0 bridgehead atoms. The molecule has 0 aromatic heterocycles. The average Bonchev–Trinajstić information content (AvgIpc) is 2.80. The van der Waals surface area contributed by atoms with Gasteiger partial charge in [-0.15, -0.1) is 0 Å². The van der Waals surface area contributed by atoms with Crippen LogP contribution >= 0.6 is 34.8 Å². The van der Waals surface area contributed by atoms with Crippen LogP contribution < -0.4 is 9.73 Å². The van der Waals surface area contributed by atoms with E-state index in [-0.39, 0.29) is 9.92 Å². The van der Waals surface area contributed by atoms with Gasteiger partial charge in [0.2, 0.25) is 0 Å². The van der Waals surface area contributed by atoms with Gasteiger partial charge in [-0.05, 0) is 55.0 Å². The Labute approximate surface area is 220 Å². The third-order valence-electron chi connectivity index (χ3n) is 4.79. The van der Waals surface area contributed by atoms with Gasteiger partial charge in [0.1, 0.15) is 6.54 Å². The normalized spacial score (nSPS) is 12.1. The molecule has 0 atom stereocenters. The Morgan fingerprint density at radius 3 is 2.22 bits per heavy atom. The third kappa shape index (κ3) is 6.70. The van der Waals surface area contributed by atoms with Crippen molar-refractivity contribution >= 4 is 62.6 Å². The first kappa shape index (κ1) is 27.8. The van der Waals surface area contributed by atoms with Crippen molar-refractivity contribution in [3.63, 3.8) is 0 Å². The van der Waals surface area contributed by atoms with Crippen LogP contribution in [0.4, 0.5) is 18.9 Å². The number of hydrogen-bond acceptors (Lipinski definition) is 4. The van der Waals surface area contributed by atoms with E-state index < -0.39 is 44.9 Å². The highest BCUT2D eigenvalue weighted by atomic mass is 35.5. The maximum absolute atomic E-state index is 13.4. The molecule has 0 spiro atoms. The molecule has 36 heavy (non-hydrogen) atoms. The highest BCUT2D eigenvalue weighted by molar-refractivity contribution is 7.92. The number of aryl methyl sites for hydroxylation is 1. The molecule has 0 fully saturated rings. The fraction of sp³-hybridized carbons (Fsp3) is 0.130. The van der Waals surface area contributed by atoms with Gasteiger partial charge >= 0.3 is 6.18 Å². The van der Waals surface area contributed by atoms with Gasteiger partial charge in [-0.25, -0.2) is 13.8 Å². The highest BCUT2D eigenvalue weighted by Crippen LogP contribution is 2.38. The van der Waals surface area contributed by atoms with Gasteiger partial charge < -0.3 is 0 Å². The lowest BCUT2D eigenvalue weighted by atomic mass is 10.2. The topological polar surface area (TPSA) is 78.8 Å². The van der Waals surface area contributed by atoms with E-state index in [9.17, 15) is 26.4 Å². The van der Waals surface area contributed by atoms with Crippen molar-refractivity contribution in [2.24, 2.45) is 5.10 Å². The Hall–Kier alpha value is -2.79. The SMILES string of the molecule is Cc1ccc(S(=O)(=O)N(CC(=O)N/N=C\c2ccc(Cl)c(Cl)c2)c2ccc(Cl)c(C(F)(F)F)c2)cc1. The van der Waals surface area contributed by atoms with Crippen LogP contribution in [0, 0.1) is 6.92 Å². The minimum Gasteiger partial charge on any atom is -0.271 e. The van der Waals surface area contributed by atoms with E-state index in [0.29, 0.717) is 21.0 Å². The van der Waals surface area contributed by atoms with Crippen molar-refractivity contribution in [2.45, 2.75) is 18.0 Å². The van der Waals surface area contributed by atoms with Crippen molar-refractivity contribution in [1.82, 2.24) is 5.43 Å². The van der Waals surface area contributed by atoms with Crippen LogP contribution in [0.2, 0.25) is 15.1 Å². The molecule has 1 N–H and O–H groups in total. The van der Waals surface area contributed by atoms with Crippen LogP contribution in [-0.4, -0.2) is 27.1 Å². The van der Waals surface area contributed by atoms with Crippen LogP contribution in [0.1, 0.15) is 16.7 Å². The number of nitrogens with one attached hydrogen (secondary N) is 1. The molecule has 6 nitrogen and oxygen atoms in total. The minimum absolute atomic E-state index is 0.219. The number of benzene rings is 3. The number of rotatable bonds is 7. The monoisotopic (exact) mass is 577 g/mol. The zero-order valence-electron chi connectivity index (χ0n) is 18.4. The molecule has 0 aliphatic heterocycles. The summed E-state index contributed by atoms with van der Waals surface area (Å²) in [6.45, 7) is 0.871. The number of anilines is 1. The van der Waals surface area contributed by atoms with Gasteiger partial charge in [0.15, 0.2) is 0 Å². The average molecular weight is 579 g/mol. The Balaban J connectivity index is 1.94. The van der Waals surface area contributed by atoms with Gasteiger partial charge in [0.25, 0.3) is 15.9 Å². The van der Waals surface area contributed by atoms with Gasteiger partial charge in [-0.3, -0.25) is 9.10 Å². The second kappa shape index (κ2) is 11.1. The van der Waals surface area contributed by atoms with E-state index in [2.05, 4.69) is 10.5 Å². The van der Waals surface area contributed by atoms with Crippen molar-refractivity contribution in [2.75, 3.05) is 10.8 Å². The highest BCUT2D eigenvalue weighted by Gasteiger charge is 2.35. The summed E-state index contributed by atoms with van der Waals surface area (Å²) in [5.74, 6) is -0.912. The Morgan fingerprint density at radius 1 is 0.972 bits per heavy atom. The summed E-state index contributed by atoms with van der Waals surface area (Å²) in [4.78, 5) is 12.4. The molecular weight excluding hydrogens is 562 g/mol. The number of halogens is 6. The maximum atomic E-state index is 13.4.